The van der Waals surface area contributed by atoms with Crippen LogP contribution in [0.4, 0.5) is 10.5 Å². The number of ether oxygens (including phenoxy) is 1. The molecule has 0 atom stereocenters. The van der Waals surface area contributed by atoms with Gasteiger partial charge in [0, 0.05) is 12.2 Å². The molecule has 1 heterocycles. The van der Waals surface area contributed by atoms with Crippen LogP contribution in [0.5, 0.6) is 5.88 Å². The second-order valence-electron chi connectivity index (χ2n) is 6.16. The van der Waals surface area contributed by atoms with Crippen LogP contribution in [0.3, 0.4) is 0 Å². The van der Waals surface area contributed by atoms with E-state index in [9.17, 15) is 9.59 Å². The van der Waals surface area contributed by atoms with E-state index in [2.05, 4.69) is 15.6 Å². The standard InChI is InChI=1S/C16H22ClN3O4/c1-9(2)24-14-13(7-11(17)8-18-14)20-16(23)19-12-5-3-10(4-6-12)15(21)22/h7-10,12H,3-6H2,1-2H3,(H,21,22)(H2,19,20,23). The number of hydrogen-bond donors (Lipinski definition) is 3. The predicted octanol–water partition coefficient (Wildman–Crippen LogP) is 3.29. The molecule has 24 heavy (non-hydrogen) atoms. The van der Waals surface area contributed by atoms with Gasteiger partial charge in [0.2, 0.25) is 5.88 Å². The van der Waals surface area contributed by atoms with Gasteiger partial charge in [-0.15, -0.1) is 0 Å². The number of carbonyl (C=O) groups excluding carboxylic acids is 1. The molecular formula is C16H22ClN3O4. The second kappa shape index (κ2) is 8.19. The highest BCUT2D eigenvalue weighted by molar-refractivity contribution is 6.30. The summed E-state index contributed by atoms with van der Waals surface area (Å²) in [4.78, 5) is 27.2. The Balaban J connectivity index is 1.93. The maximum Gasteiger partial charge on any atom is 0.319 e. The molecule has 132 valence electrons. The number of nitrogens with one attached hydrogen (secondary N) is 2. The van der Waals surface area contributed by atoms with Crippen molar-refractivity contribution in [2.75, 3.05) is 5.32 Å². The van der Waals surface area contributed by atoms with Crippen molar-refractivity contribution in [2.24, 2.45) is 5.92 Å². The summed E-state index contributed by atoms with van der Waals surface area (Å²) in [5.74, 6) is -0.771. The zero-order valence-corrected chi connectivity index (χ0v) is 14.5. The third-order valence-corrected chi connectivity index (χ3v) is 4.03. The fourth-order valence-corrected chi connectivity index (χ4v) is 2.82. The van der Waals surface area contributed by atoms with Crippen LogP contribution in [-0.4, -0.2) is 34.2 Å². The molecule has 2 amide bonds. The Kier molecular flexibility index (Phi) is 6.25. The summed E-state index contributed by atoms with van der Waals surface area (Å²) in [6.45, 7) is 3.72. The summed E-state index contributed by atoms with van der Waals surface area (Å²) in [5, 5.41) is 14.9. The maximum atomic E-state index is 12.2. The van der Waals surface area contributed by atoms with E-state index < -0.39 is 5.97 Å². The first-order valence-corrected chi connectivity index (χ1v) is 8.35. The Morgan fingerprint density at radius 3 is 2.58 bits per heavy atom. The number of carboxylic acid groups (broad SMARTS) is 1. The average molecular weight is 356 g/mol. The van der Waals surface area contributed by atoms with Gasteiger partial charge in [-0.05, 0) is 45.6 Å². The lowest BCUT2D eigenvalue weighted by atomic mass is 9.86. The molecule has 1 aromatic heterocycles. The fourth-order valence-electron chi connectivity index (χ4n) is 2.66. The fraction of sp³-hybridized carbons (Fsp3) is 0.562. The molecule has 1 aromatic rings. The van der Waals surface area contributed by atoms with Gasteiger partial charge in [-0.1, -0.05) is 11.6 Å². The Morgan fingerprint density at radius 1 is 1.33 bits per heavy atom. The molecule has 0 radical (unpaired) electrons. The molecule has 3 N–H and O–H groups in total. The Hall–Kier alpha value is -2.02. The van der Waals surface area contributed by atoms with Crippen LogP contribution in [-0.2, 0) is 4.79 Å². The third-order valence-electron chi connectivity index (χ3n) is 3.82. The van der Waals surface area contributed by atoms with Crippen molar-refractivity contribution >= 4 is 29.3 Å². The average Bonchev–Trinajstić information content (AvgIpc) is 2.50. The molecule has 0 spiro atoms. The van der Waals surface area contributed by atoms with Crippen molar-refractivity contribution in [2.45, 2.75) is 51.7 Å². The number of amides is 2. The van der Waals surface area contributed by atoms with Crippen molar-refractivity contribution in [1.82, 2.24) is 10.3 Å². The molecule has 0 aliphatic heterocycles. The lowest BCUT2D eigenvalue weighted by Crippen LogP contribution is -2.41. The molecule has 0 saturated heterocycles. The van der Waals surface area contributed by atoms with Gasteiger partial charge in [-0.2, -0.15) is 0 Å². The minimum atomic E-state index is -0.765. The molecular weight excluding hydrogens is 334 g/mol. The highest BCUT2D eigenvalue weighted by Gasteiger charge is 2.26. The van der Waals surface area contributed by atoms with E-state index in [1.807, 2.05) is 13.8 Å². The number of aliphatic carboxylic acids is 1. The molecule has 1 fully saturated rings. The maximum absolute atomic E-state index is 12.2. The van der Waals surface area contributed by atoms with Gasteiger partial charge in [0.1, 0.15) is 5.69 Å². The summed E-state index contributed by atoms with van der Waals surface area (Å²) in [7, 11) is 0. The van der Waals surface area contributed by atoms with Crippen molar-refractivity contribution < 1.29 is 19.4 Å². The lowest BCUT2D eigenvalue weighted by Gasteiger charge is -2.27. The molecule has 1 saturated carbocycles. The van der Waals surface area contributed by atoms with Gasteiger partial charge in [0.25, 0.3) is 0 Å². The molecule has 0 aromatic carbocycles. The first-order chi connectivity index (χ1) is 11.3. The highest BCUT2D eigenvalue weighted by Crippen LogP contribution is 2.27. The quantitative estimate of drug-likeness (QED) is 0.752. The monoisotopic (exact) mass is 355 g/mol. The summed E-state index contributed by atoms with van der Waals surface area (Å²) < 4.78 is 5.55. The minimum Gasteiger partial charge on any atom is -0.481 e. The van der Waals surface area contributed by atoms with Crippen LogP contribution in [0.15, 0.2) is 12.3 Å². The summed E-state index contributed by atoms with van der Waals surface area (Å²) in [5.41, 5.74) is 0.396. The van der Waals surface area contributed by atoms with Gasteiger partial charge < -0.3 is 20.5 Å². The van der Waals surface area contributed by atoms with Crippen molar-refractivity contribution in [3.05, 3.63) is 17.3 Å². The van der Waals surface area contributed by atoms with Crippen molar-refractivity contribution in [1.29, 1.82) is 0 Å². The molecule has 2 rings (SSSR count). The van der Waals surface area contributed by atoms with Gasteiger partial charge in [0.15, 0.2) is 0 Å². The van der Waals surface area contributed by atoms with Crippen LogP contribution in [0, 0.1) is 5.92 Å². The summed E-state index contributed by atoms with van der Waals surface area (Å²) in [6.07, 6.45) is 3.80. The minimum absolute atomic E-state index is 0.0396. The van der Waals surface area contributed by atoms with Gasteiger partial charge in [-0.3, -0.25) is 4.79 Å². The van der Waals surface area contributed by atoms with E-state index in [-0.39, 0.29) is 24.1 Å². The number of carbonyl (C=O) groups is 2. The SMILES string of the molecule is CC(C)Oc1ncc(Cl)cc1NC(=O)NC1CCC(C(=O)O)CC1. The van der Waals surface area contributed by atoms with E-state index in [1.54, 1.807) is 6.07 Å². The smallest absolute Gasteiger partial charge is 0.319 e. The first kappa shape index (κ1) is 18.3. The third kappa shape index (κ3) is 5.26. The molecule has 0 unspecified atom stereocenters. The molecule has 0 bridgehead atoms. The number of pyridine rings is 1. The van der Waals surface area contributed by atoms with E-state index in [1.165, 1.54) is 6.20 Å². The summed E-state index contributed by atoms with van der Waals surface area (Å²) in [6, 6.07) is 1.15. The number of anilines is 1. The van der Waals surface area contributed by atoms with Crippen LogP contribution in [0.2, 0.25) is 5.02 Å². The topological polar surface area (TPSA) is 101 Å². The number of hydrogen-bond acceptors (Lipinski definition) is 4. The zero-order valence-electron chi connectivity index (χ0n) is 13.7. The van der Waals surface area contributed by atoms with E-state index in [4.69, 9.17) is 21.4 Å². The Labute approximate surface area is 145 Å². The highest BCUT2D eigenvalue weighted by atomic mass is 35.5. The predicted molar refractivity (Wildman–Crippen MR) is 90.5 cm³/mol. The second-order valence-corrected chi connectivity index (χ2v) is 6.59. The number of halogens is 1. The summed E-state index contributed by atoms with van der Waals surface area (Å²) >= 11 is 5.93. The first-order valence-electron chi connectivity index (χ1n) is 7.97. The van der Waals surface area contributed by atoms with Crippen LogP contribution >= 0.6 is 11.6 Å². The number of rotatable bonds is 5. The van der Waals surface area contributed by atoms with E-state index in [0.717, 1.165) is 0 Å². The van der Waals surface area contributed by atoms with Crippen LogP contribution in [0.25, 0.3) is 0 Å². The number of urea groups is 1. The zero-order chi connectivity index (χ0) is 17.7. The number of aromatic nitrogens is 1. The number of carboxylic acids is 1. The van der Waals surface area contributed by atoms with Crippen LogP contribution in [0.1, 0.15) is 39.5 Å². The van der Waals surface area contributed by atoms with Gasteiger partial charge >= 0.3 is 12.0 Å². The Morgan fingerprint density at radius 2 is 2.00 bits per heavy atom. The molecule has 8 heteroatoms. The molecule has 1 aliphatic rings. The molecule has 7 nitrogen and oxygen atoms in total. The van der Waals surface area contributed by atoms with Crippen LogP contribution < -0.4 is 15.4 Å². The van der Waals surface area contributed by atoms with E-state index >= 15 is 0 Å². The van der Waals surface area contributed by atoms with E-state index in [0.29, 0.717) is 42.3 Å². The van der Waals surface area contributed by atoms with Gasteiger partial charge in [0.05, 0.1) is 17.0 Å². The molecule has 1 aliphatic carbocycles. The van der Waals surface area contributed by atoms with Crippen molar-refractivity contribution in [3.8, 4) is 5.88 Å². The van der Waals surface area contributed by atoms with Gasteiger partial charge in [-0.25, -0.2) is 9.78 Å². The lowest BCUT2D eigenvalue weighted by molar-refractivity contribution is -0.142. The largest absolute Gasteiger partial charge is 0.481 e. The normalized spacial score (nSPS) is 20.5. The van der Waals surface area contributed by atoms with Crippen molar-refractivity contribution in [3.63, 3.8) is 0 Å². The number of nitrogens with zero attached hydrogens (tertiary/aromatic N) is 1. The Bertz CT molecular complexity index is 601.